The summed E-state index contributed by atoms with van der Waals surface area (Å²) in [5.41, 5.74) is 0. The molecule has 0 saturated carbocycles. The Morgan fingerprint density at radius 1 is 1.33 bits per heavy atom. The number of hydrogen-bond acceptors (Lipinski definition) is 5. The second-order valence-electron chi connectivity index (χ2n) is 3.70. The summed E-state index contributed by atoms with van der Waals surface area (Å²) in [6, 6.07) is 0. The van der Waals surface area contributed by atoms with E-state index >= 15 is 0 Å². The molecule has 1 aromatic rings. The van der Waals surface area contributed by atoms with Crippen LogP contribution in [0.15, 0.2) is 53.0 Å². The molecular weight excluding hydrogens is 288 g/mol. The molecule has 3 heterocycles. The SMILES string of the molecule is C1=C[NH2+]C2(C=C1)CN=C(Sc1cnccn1)S2.[Cl-]. The van der Waals surface area contributed by atoms with Gasteiger partial charge in [-0.3, -0.25) is 9.98 Å². The molecule has 0 bridgehead atoms. The van der Waals surface area contributed by atoms with Gasteiger partial charge in [0.1, 0.15) is 15.9 Å². The van der Waals surface area contributed by atoms with Crippen molar-refractivity contribution in [3.63, 3.8) is 0 Å². The van der Waals surface area contributed by atoms with Gasteiger partial charge >= 0.3 is 0 Å². The molecule has 1 aromatic heterocycles. The Bertz CT molecular complexity index is 503. The average molecular weight is 299 g/mol. The summed E-state index contributed by atoms with van der Waals surface area (Å²) >= 11 is 3.36. The van der Waals surface area contributed by atoms with E-state index in [-0.39, 0.29) is 17.3 Å². The Kier molecular flexibility index (Phi) is 4.45. The van der Waals surface area contributed by atoms with E-state index in [9.17, 15) is 0 Å². The maximum Gasteiger partial charge on any atom is 0.192 e. The van der Waals surface area contributed by atoms with Crippen molar-refractivity contribution in [2.24, 2.45) is 4.99 Å². The van der Waals surface area contributed by atoms with E-state index < -0.39 is 0 Å². The first-order chi connectivity index (χ1) is 8.36. The van der Waals surface area contributed by atoms with Gasteiger partial charge in [-0.15, -0.1) is 0 Å². The van der Waals surface area contributed by atoms with Gasteiger partial charge in [0.25, 0.3) is 0 Å². The van der Waals surface area contributed by atoms with Crippen LogP contribution in [0.25, 0.3) is 0 Å². The Morgan fingerprint density at radius 2 is 2.28 bits per heavy atom. The zero-order valence-electron chi connectivity index (χ0n) is 9.36. The number of quaternary nitrogens is 1. The maximum atomic E-state index is 4.57. The Hall–Kier alpha value is -0.820. The molecule has 1 atom stereocenters. The predicted octanol–water partition coefficient (Wildman–Crippen LogP) is -1.98. The van der Waals surface area contributed by atoms with Crippen molar-refractivity contribution in [3.05, 3.63) is 43.0 Å². The Labute approximate surface area is 120 Å². The molecule has 2 aliphatic rings. The van der Waals surface area contributed by atoms with Gasteiger partial charge in [-0.05, 0) is 35.7 Å². The monoisotopic (exact) mass is 298 g/mol. The molecule has 94 valence electrons. The number of thioether (sulfide) groups is 2. The summed E-state index contributed by atoms with van der Waals surface area (Å²) < 4.78 is 1.06. The minimum atomic E-state index is 0. The summed E-state index contributed by atoms with van der Waals surface area (Å²) in [7, 11) is 0. The summed E-state index contributed by atoms with van der Waals surface area (Å²) in [6.07, 6.45) is 13.5. The highest BCUT2D eigenvalue weighted by Gasteiger charge is 2.39. The molecule has 1 unspecified atom stereocenters. The van der Waals surface area contributed by atoms with Gasteiger partial charge in [0.2, 0.25) is 0 Å². The molecule has 0 saturated heterocycles. The lowest BCUT2D eigenvalue weighted by molar-refractivity contribution is -0.626. The first kappa shape index (κ1) is 13.6. The van der Waals surface area contributed by atoms with Crippen LogP contribution >= 0.6 is 23.5 Å². The molecule has 0 aliphatic carbocycles. The first-order valence-corrected chi connectivity index (χ1v) is 6.87. The molecule has 2 aliphatic heterocycles. The van der Waals surface area contributed by atoms with Crippen molar-refractivity contribution >= 4 is 27.9 Å². The van der Waals surface area contributed by atoms with E-state index in [2.05, 4.69) is 38.6 Å². The topological polar surface area (TPSA) is 54.8 Å². The van der Waals surface area contributed by atoms with Gasteiger partial charge < -0.3 is 17.7 Å². The van der Waals surface area contributed by atoms with Crippen LogP contribution in [0.3, 0.4) is 0 Å². The van der Waals surface area contributed by atoms with Crippen LogP contribution in [0, 0.1) is 0 Å². The highest BCUT2D eigenvalue weighted by Crippen LogP contribution is 2.36. The molecule has 0 amide bonds. The van der Waals surface area contributed by atoms with Gasteiger partial charge in [-0.2, -0.15) is 0 Å². The molecular formula is C11H11ClN4S2. The van der Waals surface area contributed by atoms with Crippen LogP contribution in [0.4, 0.5) is 0 Å². The highest BCUT2D eigenvalue weighted by molar-refractivity contribution is 8.39. The van der Waals surface area contributed by atoms with E-state index in [1.165, 1.54) is 0 Å². The third-order valence-corrected chi connectivity index (χ3v) is 4.75. The molecule has 0 fully saturated rings. The summed E-state index contributed by atoms with van der Waals surface area (Å²) in [5, 5.41) is 3.09. The summed E-state index contributed by atoms with van der Waals surface area (Å²) in [6.45, 7) is 0.807. The number of halogens is 1. The van der Waals surface area contributed by atoms with E-state index in [4.69, 9.17) is 0 Å². The van der Waals surface area contributed by atoms with Crippen molar-refractivity contribution in [1.29, 1.82) is 0 Å². The highest BCUT2D eigenvalue weighted by atomic mass is 35.5. The second-order valence-corrected chi connectivity index (χ2v) is 6.31. The minimum Gasteiger partial charge on any atom is -1.00 e. The third kappa shape index (κ3) is 2.95. The fraction of sp³-hybridized carbons (Fsp3) is 0.182. The van der Waals surface area contributed by atoms with Crippen molar-refractivity contribution in [2.75, 3.05) is 6.54 Å². The van der Waals surface area contributed by atoms with Crippen LogP contribution in [0.1, 0.15) is 0 Å². The molecule has 3 rings (SSSR count). The molecule has 4 nitrogen and oxygen atoms in total. The van der Waals surface area contributed by atoms with E-state index in [0.29, 0.717) is 0 Å². The molecule has 2 N–H and O–H groups in total. The van der Waals surface area contributed by atoms with Gasteiger partial charge in [0, 0.05) is 12.4 Å². The minimum absolute atomic E-state index is 0. The molecule has 0 aromatic carbocycles. The Morgan fingerprint density at radius 3 is 3.00 bits per heavy atom. The molecule has 18 heavy (non-hydrogen) atoms. The summed E-state index contributed by atoms with van der Waals surface area (Å²) in [4.78, 5) is 12.9. The van der Waals surface area contributed by atoms with Crippen molar-refractivity contribution in [2.45, 2.75) is 9.90 Å². The number of nitrogens with two attached hydrogens (primary N) is 1. The van der Waals surface area contributed by atoms with Gasteiger partial charge in [0.05, 0.1) is 12.4 Å². The quantitative estimate of drug-likeness (QED) is 0.653. The van der Waals surface area contributed by atoms with Crippen LogP contribution in [0.2, 0.25) is 0 Å². The lowest BCUT2D eigenvalue weighted by Crippen LogP contribution is -3.00. The lowest BCUT2D eigenvalue weighted by atomic mass is 10.2. The van der Waals surface area contributed by atoms with Crippen LogP contribution in [0.5, 0.6) is 0 Å². The zero-order valence-corrected chi connectivity index (χ0v) is 11.8. The third-order valence-electron chi connectivity index (χ3n) is 2.44. The largest absolute Gasteiger partial charge is 1.00 e. The van der Waals surface area contributed by atoms with Crippen LogP contribution in [-0.2, 0) is 0 Å². The lowest BCUT2D eigenvalue weighted by Gasteiger charge is -2.20. The number of hydrogen-bond donors (Lipinski definition) is 1. The normalized spacial score (nSPS) is 25.0. The zero-order chi connectivity index (χ0) is 11.6. The standard InChI is InChI=1S/C11H10N4S2.ClH/c1-2-4-15-11(3-1)8-14-10(17-11)16-9-7-12-5-6-13-9;/h1-7,15H,8H2;1H. The van der Waals surface area contributed by atoms with E-state index in [0.717, 1.165) is 15.9 Å². The van der Waals surface area contributed by atoms with E-state index in [1.54, 1.807) is 42.1 Å². The maximum absolute atomic E-state index is 4.57. The summed E-state index contributed by atoms with van der Waals surface area (Å²) in [5.74, 6) is 0. The average Bonchev–Trinajstić information content (AvgIpc) is 2.74. The molecule has 1 spiro atoms. The second kappa shape index (κ2) is 5.88. The van der Waals surface area contributed by atoms with E-state index in [1.807, 2.05) is 6.08 Å². The smallest absolute Gasteiger partial charge is 0.192 e. The number of aliphatic imine (C=N–C) groups is 1. The number of allylic oxidation sites excluding steroid dienone is 2. The number of nitrogens with zero attached hydrogens (tertiary/aromatic N) is 3. The fourth-order valence-corrected chi connectivity index (χ4v) is 3.93. The van der Waals surface area contributed by atoms with Gasteiger partial charge in [0.15, 0.2) is 4.87 Å². The first-order valence-electron chi connectivity index (χ1n) is 5.24. The van der Waals surface area contributed by atoms with Crippen molar-refractivity contribution in [3.8, 4) is 0 Å². The van der Waals surface area contributed by atoms with Gasteiger partial charge in [-0.25, -0.2) is 4.98 Å². The Balaban J connectivity index is 0.00000120. The van der Waals surface area contributed by atoms with Crippen molar-refractivity contribution < 1.29 is 17.7 Å². The number of aromatic nitrogens is 2. The van der Waals surface area contributed by atoms with Crippen LogP contribution in [-0.4, -0.2) is 25.8 Å². The predicted molar refractivity (Wildman–Crippen MR) is 70.7 cm³/mol. The fourth-order valence-electron chi connectivity index (χ4n) is 1.63. The molecule has 7 heteroatoms. The van der Waals surface area contributed by atoms with Gasteiger partial charge in [-0.1, -0.05) is 6.08 Å². The molecule has 0 radical (unpaired) electrons. The van der Waals surface area contributed by atoms with Crippen LogP contribution < -0.4 is 17.7 Å². The number of rotatable bonds is 1. The van der Waals surface area contributed by atoms with Crippen molar-refractivity contribution in [1.82, 2.24) is 9.97 Å².